The molecule has 0 saturated heterocycles. The fourth-order valence-corrected chi connectivity index (χ4v) is 2.37. The number of hydrogen-bond donors (Lipinski definition) is 0. The normalized spacial score (nSPS) is 11.2. The minimum Gasteiger partial charge on any atom is -0.858 e. The number of rotatable bonds is 4. The molecule has 0 fully saturated rings. The zero-order valence-corrected chi connectivity index (χ0v) is 13.7. The first-order chi connectivity index (χ1) is 12.1. The Labute approximate surface area is 144 Å². The summed E-state index contributed by atoms with van der Waals surface area (Å²) >= 11 is 0. The monoisotopic (exact) mass is 333 g/mol. The Kier molecular flexibility index (Phi) is 4.44. The highest BCUT2D eigenvalue weighted by atomic mass is 16.5. The Morgan fingerprint density at radius 1 is 1.16 bits per heavy atom. The summed E-state index contributed by atoms with van der Waals surface area (Å²) in [5, 5.41) is 26.1. The highest BCUT2D eigenvalue weighted by Gasteiger charge is 2.26. The van der Waals surface area contributed by atoms with E-state index in [-0.39, 0.29) is 11.5 Å². The largest absolute Gasteiger partial charge is 0.858 e. The van der Waals surface area contributed by atoms with Crippen LogP contribution in [0.4, 0.5) is 11.5 Å². The third kappa shape index (κ3) is 3.19. The first-order valence-corrected chi connectivity index (χ1v) is 7.54. The van der Waals surface area contributed by atoms with E-state index >= 15 is 0 Å². The first kappa shape index (κ1) is 16.2. The molecule has 124 valence electrons. The summed E-state index contributed by atoms with van der Waals surface area (Å²) in [6.07, 6.45) is 0. The zero-order chi connectivity index (χ0) is 17.8. The van der Waals surface area contributed by atoms with Gasteiger partial charge in [-0.05, 0) is 42.7 Å². The second kappa shape index (κ2) is 6.84. The Morgan fingerprint density at radius 3 is 2.44 bits per heavy atom. The highest BCUT2D eigenvalue weighted by molar-refractivity contribution is 5.93. The summed E-state index contributed by atoms with van der Waals surface area (Å²) < 4.78 is 6.61. The second-order valence-electron chi connectivity index (χ2n) is 5.25. The standard InChI is InChI=1S/C18H15N5O2/c1-12-16(21-19)17(20-18(24)13-6-4-3-5-7-13)23(22-12)14-8-10-15(25-2)11-9-14/h3-11H,1-2H3. The maximum Gasteiger partial charge on any atom is 0.451 e. The predicted molar refractivity (Wildman–Crippen MR) is 92.2 cm³/mol. The van der Waals surface area contributed by atoms with Crippen molar-refractivity contribution in [3.05, 3.63) is 70.8 Å². The molecule has 0 radical (unpaired) electrons. The Morgan fingerprint density at radius 2 is 1.84 bits per heavy atom. The fraction of sp³-hybridized carbons (Fsp3) is 0.111. The van der Waals surface area contributed by atoms with Gasteiger partial charge in [-0.2, -0.15) is 5.10 Å². The van der Waals surface area contributed by atoms with Gasteiger partial charge in [0.2, 0.25) is 5.39 Å². The molecule has 0 aliphatic rings. The average Bonchev–Trinajstić information content (AvgIpc) is 2.97. The van der Waals surface area contributed by atoms with E-state index in [2.05, 4.69) is 15.1 Å². The van der Waals surface area contributed by atoms with E-state index in [0.29, 0.717) is 22.7 Å². The fourth-order valence-electron chi connectivity index (χ4n) is 2.37. The Bertz CT molecular complexity index is 954. The molecular formula is C18H15N5O2. The van der Waals surface area contributed by atoms with Crippen molar-refractivity contribution >= 4 is 17.4 Å². The third-order valence-electron chi connectivity index (χ3n) is 3.65. The molecule has 1 aromatic heterocycles. The molecule has 0 amide bonds. The third-order valence-corrected chi connectivity index (χ3v) is 3.65. The quantitative estimate of drug-likeness (QED) is 0.417. The van der Waals surface area contributed by atoms with Crippen LogP contribution < -0.4 is 9.84 Å². The van der Waals surface area contributed by atoms with E-state index in [4.69, 9.17) is 4.74 Å². The molecule has 0 atom stereocenters. The molecule has 0 N–H and O–H groups in total. The van der Waals surface area contributed by atoms with Gasteiger partial charge in [-0.3, -0.25) is 0 Å². The Hall–Kier alpha value is -3.66. The molecule has 0 bridgehead atoms. The van der Waals surface area contributed by atoms with Crippen LogP contribution in [0, 0.1) is 12.3 Å². The van der Waals surface area contributed by atoms with Crippen LogP contribution in [-0.4, -0.2) is 22.8 Å². The molecule has 25 heavy (non-hydrogen) atoms. The molecule has 0 aliphatic carbocycles. The van der Waals surface area contributed by atoms with Gasteiger partial charge < -0.3 is 9.84 Å². The van der Waals surface area contributed by atoms with Crippen molar-refractivity contribution in [3.63, 3.8) is 0 Å². The summed E-state index contributed by atoms with van der Waals surface area (Å²) in [5.41, 5.74) is 1.71. The molecule has 0 saturated carbocycles. The number of aromatic nitrogens is 2. The molecule has 7 nitrogen and oxygen atoms in total. The summed E-state index contributed by atoms with van der Waals surface area (Å²) in [6, 6.07) is 15.8. The zero-order valence-electron chi connectivity index (χ0n) is 13.7. The maximum atomic E-state index is 12.4. The summed E-state index contributed by atoms with van der Waals surface area (Å²) in [5.74, 6) is 0.415. The molecule has 7 heteroatoms. The van der Waals surface area contributed by atoms with Gasteiger partial charge >= 0.3 is 5.69 Å². The van der Waals surface area contributed by atoms with Crippen molar-refractivity contribution in [1.29, 1.82) is 5.39 Å². The number of aryl methyl sites for hydroxylation is 1. The van der Waals surface area contributed by atoms with E-state index in [1.807, 2.05) is 6.07 Å². The van der Waals surface area contributed by atoms with E-state index in [1.165, 1.54) is 4.68 Å². The van der Waals surface area contributed by atoms with Crippen LogP contribution in [0.3, 0.4) is 0 Å². The minimum atomic E-state index is -0.444. The van der Waals surface area contributed by atoms with Crippen molar-refractivity contribution in [2.24, 2.45) is 4.99 Å². The van der Waals surface area contributed by atoms with Crippen molar-refractivity contribution in [2.45, 2.75) is 6.92 Å². The van der Waals surface area contributed by atoms with Crippen molar-refractivity contribution in [3.8, 4) is 11.4 Å². The SMILES string of the molecule is COc1ccc(-n2nc(C)c([N+]#N)c2N=C([O-])c2ccccc2)cc1. The van der Waals surface area contributed by atoms with E-state index < -0.39 is 5.90 Å². The van der Waals surface area contributed by atoms with Crippen LogP contribution in [0.5, 0.6) is 5.75 Å². The smallest absolute Gasteiger partial charge is 0.451 e. The maximum absolute atomic E-state index is 12.4. The van der Waals surface area contributed by atoms with Crippen LogP contribution in [0.1, 0.15) is 11.3 Å². The summed E-state index contributed by atoms with van der Waals surface area (Å²) in [4.78, 5) is 7.36. The topological polar surface area (TPSA) is 90.6 Å². The summed E-state index contributed by atoms with van der Waals surface area (Å²) in [6.45, 7) is 1.68. The van der Waals surface area contributed by atoms with Gasteiger partial charge in [-0.15, -0.1) is 0 Å². The van der Waals surface area contributed by atoms with Gasteiger partial charge in [0.15, 0.2) is 10.7 Å². The van der Waals surface area contributed by atoms with Crippen molar-refractivity contribution in [2.75, 3.05) is 7.11 Å². The Balaban J connectivity index is 2.13. The lowest BCUT2D eigenvalue weighted by Crippen LogP contribution is -2.18. The van der Waals surface area contributed by atoms with Crippen LogP contribution >= 0.6 is 0 Å². The van der Waals surface area contributed by atoms with E-state index in [0.717, 1.165) is 0 Å². The van der Waals surface area contributed by atoms with E-state index in [1.54, 1.807) is 62.6 Å². The van der Waals surface area contributed by atoms with Gasteiger partial charge in [0.05, 0.1) is 12.8 Å². The average molecular weight is 333 g/mol. The lowest BCUT2D eigenvalue weighted by atomic mass is 10.2. The highest BCUT2D eigenvalue weighted by Crippen LogP contribution is 2.34. The van der Waals surface area contributed by atoms with Crippen molar-refractivity contribution < 1.29 is 9.84 Å². The molecule has 0 spiro atoms. The van der Waals surface area contributed by atoms with Crippen LogP contribution in [0.25, 0.3) is 10.7 Å². The number of methoxy groups -OCH3 is 1. The molecule has 1 heterocycles. The van der Waals surface area contributed by atoms with Crippen LogP contribution in [0.15, 0.2) is 59.6 Å². The number of ether oxygens (including phenoxy) is 1. The van der Waals surface area contributed by atoms with Gasteiger partial charge in [-0.1, -0.05) is 30.3 Å². The first-order valence-electron chi connectivity index (χ1n) is 7.54. The number of nitrogens with zero attached hydrogens (tertiary/aromatic N) is 5. The number of diazo groups is 1. The predicted octanol–water partition coefficient (Wildman–Crippen LogP) is 3.11. The molecule has 2 aromatic carbocycles. The molecule has 0 aliphatic heterocycles. The second-order valence-corrected chi connectivity index (χ2v) is 5.25. The van der Waals surface area contributed by atoms with Crippen LogP contribution in [0.2, 0.25) is 0 Å². The lowest BCUT2D eigenvalue weighted by molar-refractivity contribution is -0.212. The number of benzene rings is 2. The number of hydrogen-bond acceptors (Lipinski definition) is 5. The molecule has 3 rings (SSSR count). The van der Waals surface area contributed by atoms with Gasteiger partial charge in [0.1, 0.15) is 5.75 Å². The summed E-state index contributed by atoms with van der Waals surface area (Å²) in [7, 11) is 1.58. The van der Waals surface area contributed by atoms with Gasteiger partial charge in [-0.25, -0.2) is 9.67 Å². The van der Waals surface area contributed by atoms with Gasteiger partial charge in [0, 0.05) is 0 Å². The molecule has 3 aromatic rings. The van der Waals surface area contributed by atoms with Gasteiger partial charge in [0.25, 0.3) is 5.82 Å². The minimum absolute atomic E-state index is 0.153. The van der Waals surface area contributed by atoms with E-state index in [9.17, 15) is 10.5 Å². The van der Waals surface area contributed by atoms with Crippen molar-refractivity contribution in [1.82, 2.24) is 9.78 Å². The van der Waals surface area contributed by atoms with Crippen LogP contribution in [-0.2, 0) is 0 Å². The lowest BCUT2D eigenvalue weighted by Gasteiger charge is -2.10. The molecular weight excluding hydrogens is 318 g/mol. The molecule has 0 unspecified atom stereocenters. The number of aliphatic imine (C=N–C) groups is 1.